The summed E-state index contributed by atoms with van der Waals surface area (Å²) in [5.74, 6) is 1.56. The Labute approximate surface area is 174 Å². The number of methoxy groups -OCH3 is 2. The highest BCUT2D eigenvalue weighted by Gasteiger charge is 2.35. The van der Waals surface area contributed by atoms with Crippen molar-refractivity contribution < 1.29 is 19.1 Å². The molecule has 1 saturated heterocycles. The first-order chi connectivity index (χ1) is 13.6. The molecule has 3 amide bonds. The van der Waals surface area contributed by atoms with Crippen LogP contribution >= 0.6 is 0 Å². The summed E-state index contributed by atoms with van der Waals surface area (Å²) in [6.45, 7) is 11.7. The van der Waals surface area contributed by atoms with E-state index < -0.39 is 0 Å². The molecule has 7 heteroatoms. The highest BCUT2D eigenvalue weighted by Crippen LogP contribution is 2.28. The molecule has 1 aliphatic rings. The molecule has 1 heterocycles. The molecule has 1 unspecified atom stereocenters. The maximum absolute atomic E-state index is 12.9. The molecule has 2 rings (SSSR count). The molecule has 1 atom stereocenters. The van der Waals surface area contributed by atoms with Gasteiger partial charge in [0, 0.05) is 25.2 Å². The molecule has 1 aliphatic heterocycles. The zero-order chi connectivity index (χ0) is 21.8. The van der Waals surface area contributed by atoms with E-state index in [1.54, 1.807) is 14.2 Å². The van der Waals surface area contributed by atoms with Crippen molar-refractivity contribution in [1.82, 2.24) is 15.1 Å². The Balaban J connectivity index is 2.07. The fraction of sp³-hybridized carbons (Fsp3) is 0.636. The van der Waals surface area contributed by atoms with E-state index in [2.05, 4.69) is 19.2 Å². The number of hydrogen-bond acceptors (Lipinski definition) is 4. The van der Waals surface area contributed by atoms with Crippen molar-refractivity contribution in [2.75, 3.05) is 33.9 Å². The summed E-state index contributed by atoms with van der Waals surface area (Å²) in [7, 11) is 3.17. The highest BCUT2D eigenvalue weighted by molar-refractivity contribution is 5.80. The summed E-state index contributed by atoms with van der Waals surface area (Å²) in [5, 5.41) is 3.04. The second-order valence-corrected chi connectivity index (χ2v) is 8.89. The normalized spacial score (nSPS) is 17.3. The average Bonchev–Trinajstić information content (AvgIpc) is 2.65. The van der Waals surface area contributed by atoms with Crippen LogP contribution in [-0.2, 0) is 11.2 Å². The molecular weight excluding hydrogens is 370 g/mol. The summed E-state index contributed by atoms with van der Waals surface area (Å²) < 4.78 is 10.6. The van der Waals surface area contributed by atoms with Gasteiger partial charge in [0.05, 0.1) is 26.7 Å². The Hall–Kier alpha value is -2.44. The lowest BCUT2D eigenvalue weighted by Gasteiger charge is -2.44. The Morgan fingerprint density at radius 3 is 2.34 bits per heavy atom. The van der Waals surface area contributed by atoms with Crippen LogP contribution in [0.15, 0.2) is 18.2 Å². The third-order valence-electron chi connectivity index (χ3n) is 5.09. The van der Waals surface area contributed by atoms with Crippen molar-refractivity contribution in [1.29, 1.82) is 0 Å². The lowest BCUT2D eigenvalue weighted by atomic mass is 9.99. The van der Waals surface area contributed by atoms with Crippen LogP contribution < -0.4 is 14.8 Å². The van der Waals surface area contributed by atoms with Crippen LogP contribution in [0.25, 0.3) is 0 Å². The third-order valence-corrected chi connectivity index (χ3v) is 5.09. The Bertz CT molecular complexity index is 727. The van der Waals surface area contributed by atoms with Crippen LogP contribution in [0.5, 0.6) is 11.5 Å². The minimum atomic E-state index is -0.293. The number of urea groups is 1. The van der Waals surface area contributed by atoms with Crippen molar-refractivity contribution in [2.45, 2.75) is 52.6 Å². The SMILES string of the molecule is COc1ccc(CC(=O)N2CCN(C(=O)NC(C)(C)C)C(C(C)C)C2)cc1OC. The first-order valence-electron chi connectivity index (χ1n) is 10.1. The predicted molar refractivity (Wildman–Crippen MR) is 113 cm³/mol. The molecule has 1 fully saturated rings. The van der Waals surface area contributed by atoms with Crippen molar-refractivity contribution in [3.05, 3.63) is 23.8 Å². The molecule has 0 radical (unpaired) electrons. The minimum absolute atomic E-state index is 0.0135. The topological polar surface area (TPSA) is 71.1 Å². The largest absolute Gasteiger partial charge is 0.493 e. The molecule has 0 saturated carbocycles. The first kappa shape index (κ1) is 22.8. The molecule has 1 aromatic carbocycles. The van der Waals surface area contributed by atoms with Gasteiger partial charge in [0.1, 0.15) is 0 Å². The maximum atomic E-state index is 12.9. The van der Waals surface area contributed by atoms with Gasteiger partial charge in [0.25, 0.3) is 0 Å². The van der Waals surface area contributed by atoms with Crippen LogP contribution in [0, 0.1) is 5.92 Å². The van der Waals surface area contributed by atoms with Crippen LogP contribution in [0.1, 0.15) is 40.2 Å². The van der Waals surface area contributed by atoms with Crippen molar-refractivity contribution in [3.63, 3.8) is 0 Å². The standard InChI is InChI=1S/C22H35N3O4/c1-15(2)17-14-24(10-11-25(17)21(27)23-22(3,4)5)20(26)13-16-8-9-18(28-6)19(12-16)29-7/h8-9,12,15,17H,10-11,13-14H2,1-7H3,(H,23,27). The Morgan fingerprint density at radius 1 is 1.14 bits per heavy atom. The molecule has 1 N–H and O–H groups in total. The number of rotatable bonds is 5. The number of hydrogen-bond donors (Lipinski definition) is 1. The quantitative estimate of drug-likeness (QED) is 0.818. The molecule has 0 aromatic heterocycles. The molecular formula is C22H35N3O4. The molecule has 0 bridgehead atoms. The lowest BCUT2D eigenvalue weighted by Crippen LogP contribution is -2.62. The van der Waals surface area contributed by atoms with Gasteiger partial charge in [-0.1, -0.05) is 19.9 Å². The van der Waals surface area contributed by atoms with E-state index in [4.69, 9.17) is 9.47 Å². The Kier molecular flexibility index (Phi) is 7.38. The molecule has 0 spiro atoms. The third kappa shape index (κ3) is 6.02. The van der Waals surface area contributed by atoms with Crippen LogP contribution in [0.4, 0.5) is 4.79 Å². The molecule has 0 aliphatic carbocycles. The van der Waals surface area contributed by atoms with Crippen molar-refractivity contribution in [2.24, 2.45) is 5.92 Å². The second-order valence-electron chi connectivity index (χ2n) is 8.89. The molecule has 1 aromatic rings. The second kappa shape index (κ2) is 9.37. The van der Waals surface area contributed by atoms with E-state index in [0.29, 0.717) is 37.6 Å². The van der Waals surface area contributed by atoms with Gasteiger partial charge in [-0.15, -0.1) is 0 Å². The van der Waals surface area contributed by atoms with Crippen LogP contribution in [-0.4, -0.2) is 67.2 Å². The van der Waals surface area contributed by atoms with Crippen molar-refractivity contribution >= 4 is 11.9 Å². The number of carbonyl (C=O) groups is 2. The smallest absolute Gasteiger partial charge is 0.318 e. The van der Waals surface area contributed by atoms with E-state index in [0.717, 1.165) is 5.56 Å². The van der Waals surface area contributed by atoms with Crippen molar-refractivity contribution in [3.8, 4) is 11.5 Å². The number of benzene rings is 1. The number of ether oxygens (including phenoxy) is 2. The predicted octanol–water partition coefficient (Wildman–Crippen LogP) is 2.92. The number of carbonyl (C=O) groups excluding carboxylic acids is 2. The van der Waals surface area contributed by atoms with Gasteiger partial charge in [-0.2, -0.15) is 0 Å². The number of nitrogens with zero attached hydrogens (tertiary/aromatic N) is 2. The summed E-state index contributed by atoms with van der Waals surface area (Å²) in [5.41, 5.74) is 0.584. The number of piperazine rings is 1. The average molecular weight is 406 g/mol. The Morgan fingerprint density at radius 2 is 1.79 bits per heavy atom. The monoisotopic (exact) mass is 405 g/mol. The zero-order valence-corrected chi connectivity index (χ0v) is 18.7. The van der Waals surface area contributed by atoms with Gasteiger partial charge < -0.3 is 24.6 Å². The van der Waals surface area contributed by atoms with E-state index >= 15 is 0 Å². The summed E-state index contributed by atoms with van der Waals surface area (Å²) in [6, 6.07) is 5.45. The van der Waals surface area contributed by atoms with Crippen LogP contribution in [0.3, 0.4) is 0 Å². The number of nitrogens with one attached hydrogen (secondary N) is 1. The highest BCUT2D eigenvalue weighted by atomic mass is 16.5. The van der Waals surface area contributed by atoms with Gasteiger partial charge in [-0.25, -0.2) is 4.79 Å². The minimum Gasteiger partial charge on any atom is -0.493 e. The summed E-state index contributed by atoms with van der Waals surface area (Å²) >= 11 is 0. The van der Waals surface area contributed by atoms with E-state index in [1.807, 2.05) is 48.8 Å². The van der Waals surface area contributed by atoms with E-state index in [-0.39, 0.29) is 29.4 Å². The summed E-state index contributed by atoms with van der Waals surface area (Å²) in [4.78, 5) is 29.4. The van der Waals surface area contributed by atoms with Gasteiger partial charge in [0.15, 0.2) is 11.5 Å². The van der Waals surface area contributed by atoms with E-state index in [1.165, 1.54) is 0 Å². The lowest BCUT2D eigenvalue weighted by molar-refractivity contribution is -0.133. The fourth-order valence-corrected chi connectivity index (χ4v) is 3.53. The first-order valence-corrected chi connectivity index (χ1v) is 10.1. The van der Waals surface area contributed by atoms with E-state index in [9.17, 15) is 9.59 Å². The number of amides is 3. The van der Waals surface area contributed by atoms with Gasteiger partial charge in [-0.05, 0) is 44.4 Å². The van der Waals surface area contributed by atoms with Gasteiger partial charge in [0.2, 0.25) is 5.91 Å². The summed E-state index contributed by atoms with van der Waals surface area (Å²) in [6.07, 6.45) is 0.291. The maximum Gasteiger partial charge on any atom is 0.318 e. The van der Waals surface area contributed by atoms with Gasteiger partial charge >= 0.3 is 6.03 Å². The zero-order valence-electron chi connectivity index (χ0n) is 18.7. The molecule has 7 nitrogen and oxygen atoms in total. The molecule has 29 heavy (non-hydrogen) atoms. The van der Waals surface area contributed by atoms with Crippen LogP contribution in [0.2, 0.25) is 0 Å². The fourth-order valence-electron chi connectivity index (χ4n) is 3.53. The van der Waals surface area contributed by atoms with Gasteiger partial charge in [-0.3, -0.25) is 4.79 Å². The molecule has 162 valence electrons.